The second-order valence-corrected chi connectivity index (χ2v) is 4.87. The van der Waals surface area contributed by atoms with Gasteiger partial charge in [-0.25, -0.2) is 4.68 Å². The summed E-state index contributed by atoms with van der Waals surface area (Å²) in [5.74, 6) is 0. The lowest BCUT2D eigenvalue weighted by atomic mass is 10.2. The molecule has 1 aromatic carbocycles. The third-order valence-electron chi connectivity index (χ3n) is 3.25. The molecule has 4 nitrogen and oxygen atoms in total. The van der Waals surface area contributed by atoms with Crippen LogP contribution in [-0.2, 0) is 0 Å². The molecule has 2 aromatic heterocycles. The van der Waals surface area contributed by atoms with Crippen LogP contribution in [0.2, 0.25) is 0 Å². The predicted molar refractivity (Wildman–Crippen MR) is 75.9 cm³/mol. The minimum absolute atomic E-state index is 0.0158. The molecule has 3 aromatic rings. The summed E-state index contributed by atoms with van der Waals surface area (Å²) in [4.78, 5) is 15.3. The van der Waals surface area contributed by atoms with Crippen LogP contribution in [0.4, 0.5) is 0 Å². The maximum atomic E-state index is 12.0. The molecule has 0 saturated heterocycles. The van der Waals surface area contributed by atoms with Crippen molar-refractivity contribution in [2.24, 2.45) is 0 Å². The molecule has 2 heterocycles. The van der Waals surface area contributed by atoms with Crippen molar-refractivity contribution in [2.75, 3.05) is 0 Å². The van der Waals surface area contributed by atoms with Gasteiger partial charge in [0, 0.05) is 11.8 Å². The van der Waals surface area contributed by atoms with Crippen LogP contribution in [0.3, 0.4) is 0 Å². The number of pyridine rings is 1. The second kappa shape index (κ2) is 4.09. The van der Waals surface area contributed by atoms with Gasteiger partial charge in [-0.3, -0.25) is 4.79 Å². The maximum Gasteiger partial charge on any atom is 0.193 e. The van der Waals surface area contributed by atoms with Crippen molar-refractivity contribution in [1.82, 2.24) is 14.8 Å². The molecule has 0 unspecified atom stereocenters. The first kappa shape index (κ1) is 11.7. The van der Waals surface area contributed by atoms with E-state index >= 15 is 0 Å². The number of nitrogens with one attached hydrogen (secondary N) is 1. The van der Waals surface area contributed by atoms with Gasteiger partial charge >= 0.3 is 0 Å². The van der Waals surface area contributed by atoms with E-state index in [0.29, 0.717) is 5.39 Å². The van der Waals surface area contributed by atoms with Gasteiger partial charge in [-0.1, -0.05) is 17.7 Å². The van der Waals surface area contributed by atoms with Gasteiger partial charge in [0.1, 0.15) is 5.65 Å². The van der Waals surface area contributed by atoms with Crippen molar-refractivity contribution in [3.8, 4) is 5.69 Å². The van der Waals surface area contributed by atoms with Crippen molar-refractivity contribution in [3.63, 3.8) is 0 Å². The highest BCUT2D eigenvalue weighted by Gasteiger charge is 2.12. The van der Waals surface area contributed by atoms with Crippen LogP contribution in [0.1, 0.15) is 17.0 Å². The maximum absolute atomic E-state index is 12.0. The summed E-state index contributed by atoms with van der Waals surface area (Å²) in [6, 6.07) is 9.68. The van der Waals surface area contributed by atoms with Crippen molar-refractivity contribution >= 4 is 11.0 Å². The summed E-state index contributed by atoms with van der Waals surface area (Å²) in [5.41, 5.74) is 4.50. The number of aromatic amines is 1. The van der Waals surface area contributed by atoms with Gasteiger partial charge in [0.2, 0.25) is 0 Å². The highest BCUT2D eigenvalue weighted by atomic mass is 16.1. The minimum Gasteiger partial charge on any atom is -0.343 e. The summed E-state index contributed by atoms with van der Waals surface area (Å²) in [5, 5.41) is 5.14. The van der Waals surface area contributed by atoms with Crippen LogP contribution in [-0.4, -0.2) is 14.8 Å². The topological polar surface area (TPSA) is 50.7 Å². The number of benzene rings is 1. The van der Waals surface area contributed by atoms with Crippen molar-refractivity contribution < 1.29 is 0 Å². The zero-order chi connectivity index (χ0) is 13.6. The number of rotatable bonds is 1. The molecular weight excluding hydrogens is 238 g/mol. The van der Waals surface area contributed by atoms with Crippen LogP contribution in [0.15, 0.2) is 35.1 Å². The van der Waals surface area contributed by atoms with Crippen molar-refractivity contribution in [3.05, 3.63) is 57.5 Å². The van der Waals surface area contributed by atoms with E-state index in [1.54, 1.807) is 10.7 Å². The Labute approximate surface area is 110 Å². The van der Waals surface area contributed by atoms with E-state index in [4.69, 9.17) is 0 Å². The molecule has 4 heteroatoms. The molecule has 0 spiro atoms. The summed E-state index contributed by atoms with van der Waals surface area (Å²) in [7, 11) is 0. The van der Waals surface area contributed by atoms with E-state index in [9.17, 15) is 4.79 Å². The Morgan fingerprint density at radius 3 is 2.47 bits per heavy atom. The zero-order valence-corrected chi connectivity index (χ0v) is 11.2. The summed E-state index contributed by atoms with van der Waals surface area (Å²) >= 11 is 0. The zero-order valence-electron chi connectivity index (χ0n) is 11.2. The molecule has 0 saturated carbocycles. The molecule has 0 amide bonds. The Balaban J connectivity index is 2.36. The fourth-order valence-corrected chi connectivity index (χ4v) is 2.30. The molecule has 19 heavy (non-hydrogen) atoms. The van der Waals surface area contributed by atoms with E-state index < -0.39 is 0 Å². The molecule has 1 N–H and O–H groups in total. The summed E-state index contributed by atoms with van der Waals surface area (Å²) in [6.07, 6.45) is 0. The highest BCUT2D eigenvalue weighted by molar-refractivity contribution is 5.79. The van der Waals surface area contributed by atoms with E-state index in [-0.39, 0.29) is 5.43 Å². The van der Waals surface area contributed by atoms with Crippen LogP contribution in [0, 0.1) is 20.8 Å². The number of fused-ring (bicyclic) bond motifs is 1. The minimum atomic E-state index is 0.0158. The average Bonchev–Trinajstić information content (AvgIpc) is 2.67. The fraction of sp³-hybridized carbons (Fsp3) is 0.200. The molecule has 0 aliphatic rings. The first-order valence-corrected chi connectivity index (χ1v) is 6.22. The fourth-order valence-electron chi connectivity index (χ4n) is 2.30. The third kappa shape index (κ3) is 1.85. The van der Waals surface area contributed by atoms with E-state index in [2.05, 4.69) is 10.1 Å². The molecule has 0 radical (unpaired) electrons. The quantitative estimate of drug-likeness (QED) is 0.724. The van der Waals surface area contributed by atoms with Crippen molar-refractivity contribution in [2.45, 2.75) is 20.8 Å². The molecule has 0 aliphatic heterocycles. The lowest BCUT2D eigenvalue weighted by Gasteiger charge is -2.04. The van der Waals surface area contributed by atoms with Gasteiger partial charge in [0.15, 0.2) is 5.43 Å². The lowest BCUT2D eigenvalue weighted by molar-refractivity contribution is 0.875. The SMILES string of the molecule is Cc1ccc(-n2nc(C)c3c(=O)cc(C)[nH]c32)cc1. The number of aromatic nitrogens is 3. The number of H-pyrrole nitrogens is 1. The smallest absolute Gasteiger partial charge is 0.193 e. The number of aryl methyl sites for hydroxylation is 3. The first-order valence-electron chi connectivity index (χ1n) is 6.22. The van der Waals surface area contributed by atoms with Crippen LogP contribution < -0.4 is 5.43 Å². The second-order valence-electron chi connectivity index (χ2n) is 4.87. The monoisotopic (exact) mass is 253 g/mol. The highest BCUT2D eigenvalue weighted by Crippen LogP contribution is 2.18. The van der Waals surface area contributed by atoms with Gasteiger partial charge in [-0.2, -0.15) is 5.10 Å². The average molecular weight is 253 g/mol. The molecule has 0 atom stereocenters. The van der Waals surface area contributed by atoms with Crippen LogP contribution in [0.25, 0.3) is 16.7 Å². The van der Waals surface area contributed by atoms with Gasteiger partial charge in [-0.15, -0.1) is 0 Å². The molecule has 3 rings (SSSR count). The Kier molecular flexibility index (Phi) is 2.52. The summed E-state index contributed by atoms with van der Waals surface area (Å²) in [6.45, 7) is 5.78. The third-order valence-corrected chi connectivity index (χ3v) is 3.25. The number of hydrogen-bond acceptors (Lipinski definition) is 2. The van der Waals surface area contributed by atoms with E-state index in [1.165, 1.54) is 5.56 Å². The van der Waals surface area contributed by atoms with Crippen LogP contribution in [0.5, 0.6) is 0 Å². The molecule has 0 fully saturated rings. The van der Waals surface area contributed by atoms with Gasteiger partial charge in [0.05, 0.1) is 16.8 Å². The Morgan fingerprint density at radius 1 is 1.11 bits per heavy atom. The Hall–Kier alpha value is -2.36. The number of hydrogen-bond donors (Lipinski definition) is 1. The summed E-state index contributed by atoms with van der Waals surface area (Å²) < 4.78 is 1.79. The van der Waals surface area contributed by atoms with Gasteiger partial charge < -0.3 is 4.98 Å². The largest absolute Gasteiger partial charge is 0.343 e. The number of nitrogens with zero attached hydrogens (tertiary/aromatic N) is 2. The van der Waals surface area contributed by atoms with E-state index in [1.807, 2.05) is 45.0 Å². The molecule has 96 valence electrons. The first-order chi connectivity index (χ1) is 9.06. The molecule has 0 bridgehead atoms. The molecular formula is C15H15N3O. The Morgan fingerprint density at radius 2 is 1.79 bits per heavy atom. The molecule has 0 aliphatic carbocycles. The Bertz CT molecular complexity index is 810. The lowest BCUT2D eigenvalue weighted by Crippen LogP contribution is -2.04. The predicted octanol–water partition coefficient (Wildman–Crippen LogP) is 2.64. The van der Waals surface area contributed by atoms with E-state index in [0.717, 1.165) is 22.7 Å². The van der Waals surface area contributed by atoms with Crippen LogP contribution >= 0.6 is 0 Å². The normalized spacial score (nSPS) is 11.1. The standard InChI is InChI=1S/C15H15N3O/c1-9-4-6-12(7-5-9)18-15-14(11(3)17-18)13(19)8-10(2)16-15/h4-8H,1-3H3,(H,16,19). The van der Waals surface area contributed by atoms with Crippen molar-refractivity contribution in [1.29, 1.82) is 0 Å². The van der Waals surface area contributed by atoms with Gasteiger partial charge in [-0.05, 0) is 32.9 Å². The van der Waals surface area contributed by atoms with Gasteiger partial charge in [0.25, 0.3) is 0 Å².